The zero-order valence-corrected chi connectivity index (χ0v) is 17.0. The molecule has 1 heterocycles. The third kappa shape index (κ3) is 4.83. The van der Waals surface area contributed by atoms with Crippen molar-refractivity contribution in [1.82, 2.24) is 10.2 Å². The van der Waals surface area contributed by atoms with E-state index in [2.05, 4.69) is 10.2 Å². The molecule has 0 atom stereocenters. The first-order valence-electron chi connectivity index (χ1n) is 9.61. The second kappa shape index (κ2) is 8.93. The maximum atomic E-state index is 13.2. The number of hydrogen-bond donors (Lipinski definition) is 2. The SMILES string of the molecule is Cc1c(O)ccc(CCN2CCC(NC(=O)c3ccc(F)c(Cl)c3)CC2)c1C. The van der Waals surface area contributed by atoms with Gasteiger partial charge < -0.3 is 15.3 Å². The lowest BCUT2D eigenvalue weighted by atomic mass is 9.99. The minimum Gasteiger partial charge on any atom is -0.508 e. The van der Waals surface area contributed by atoms with Gasteiger partial charge in [-0.3, -0.25) is 4.79 Å². The molecule has 28 heavy (non-hydrogen) atoms. The molecule has 0 aliphatic carbocycles. The summed E-state index contributed by atoms with van der Waals surface area (Å²) in [7, 11) is 0. The Balaban J connectivity index is 1.47. The molecule has 0 unspecified atom stereocenters. The Labute approximate surface area is 170 Å². The Kier molecular flexibility index (Phi) is 6.57. The monoisotopic (exact) mass is 404 g/mol. The molecule has 2 aromatic rings. The number of amides is 1. The van der Waals surface area contributed by atoms with Gasteiger partial charge in [-0.05, 0) is 74.1 Å². The molecule has 1 fully saturated rings. The molecule has 150 valence electrons. The van der Waals surface area contributed by atoms with E-state index in [1.54, 1.807) is 6.07 Å². The summed E-state index contributed by atoms with van der Waals surface area (Å²) in [4.78, 5) is 14.7. The molecular formula is C22H26ClFN2O2. The number of nitrogens with zero attached hydrogens (tertiary/aromatic N) is 1. The van der Waals surface area contributed by atoms with E-state index in [1.165, 1.54) is 23.8 Å². The predicted molar refractivity (Wildman–Crippen MR) is 110 cm³/mol. The number of carbonyl (C=O) groups is 1. The summed E-state index contributed by atoms with van der Waals surface area (Å²) in [6.45, 7) is 6.79. The first kappa shape index (κ1) is 20.6. The number of likely N-dealkylation sites (tertiary alicyclic amines) is 1. The van der Waals surface area contributed by atoms with E-state index in [9.17, 15) is 14.3 Å². The van der Waals surface area contributed by atoms with Crippen LogP contribution in [0.1, 0.15) is 39.9 Å². The van der Waals surface area contributed by atoms with Gasteiger partial charge in [-0.1, -0.05) is 17.7 Å². The lowest BCUT2D eigenvalue weighted by molar-refractivity contribution is 0.0911. The third-order valence-electron chi connectivity index (χ3n) is 5.67. The zero-order chi connectivity index (χ0) is 20.3. The predicted octanol–water partition coefficient (Wildman–Crippen LogP) is 4.24. The van der Waals surface area contributed by atoms with Crippen molar-refractivity contribution < 1.29 is 14.3 Å². The van der Waals surface area contributed by atoms with Crippen LogP contribution in [-0.2, 0) is 6.42 Å². The molecule has 1 aliphatic heterocycles. The number of carbonyl (C=O) groups excluding carboxylic acids is 1. The van der Waals surface area contributed by atoms with E-state index in [-0.39, 0.29) is 17.0 Å². The van der Waals surface area contributed by atoms with Crippen LogP contribution in [-0.4, -0.2) is 41.6 Å². The van der Waals surface area contributed by atoms with E-state index in [1.807, 2.05) is 19.9 Å². The van der Waals surface area contributed by atoms with Crippen LogP contribution in [0.15, 0.2) is 30.3 Å². The van der Waals surface area contributed by atoms with Crippen molar-refractivity contribution in [3.05, 3.63) is 63.4 Å². The van der Waals surface area contributed by atoms with Gasteiger partial charge in [-0.2, -0.15) is 0 Å². The van der Waals surface area contributed by atoms with Crippen LogP contribution in [0.3, 0.4) is 0 Å². The molecule has 0 radical (unpaired) electrons. The van der Waals surface area contributed by atoms with Gasteiger partial charge in [-0.25, -0.2) is 4.39 Å². The van der Waals surface area contributed by atoms with Gasteiger partial charge in [0, 0.05) is 31.2 Å². The summed E-state index contributed by atoms with van der Waals surface area (Å²) in [5.41, 5.74) is 3.74. The molecule has 0 saturated carbocycles. The minimum absolute atomic E-state index is 0.0396. The number of aromatic hydroxyl groups is 1. The summed E-state index contributed by atoms with van der Waals surface area (Å²) in [6.07, 6.45) is 2.71. The normalized spacial score (nSPS) is 15.6. The van der Waals surface area contributed by atoms with Crippen molar-refractivity contribution in [3.8, 4) is 5.75 Å². The van der Waals surface area contributed by atoms with E-state index >= 15 is 0 Å². The molecule has 3 rings (SSSR count). The average molecular weight is 405 g/mol. The number of halogens is 2. The Morgan fingerprint density at radius 3 is 2.61 bits per heavy atom. The number of rotatable bonds is 5. The molecule has 4 nitrogen and oxygen atoms in total. The zero-order valence-electron chi connectivity index (χ0n) is 16.3. The summed E-state index contributed by atoms with van der Waals surface area (Å²) in [5, 5.41) is 12.8. The van der Waals surface area contributed by atoms with Gasteiger partial charge in [0.25, 0.3) is 5.91 Å². The van der Waals surface area contributed by atoms with Crippen LogP contribution in [0.25, 0.3) is 0 Å². The fraction of sp³-hybridized carbons (Fsp3) is 0.409. The Hall–Kier alpha value is -2.11. The largest absolute Gasteiger partial charge is 0.508 e. The molecular weight excluding hydrogens is 379 g/mol. The minimum atomic E-state index is -0.523. The summed E-state index contributed by atoms with van der Waals surface area (Å²) in [5.74, 6) is -0.388. The van der Waals surface area contributed by atoms with Crippen LogP contribution < -0.4 is 5.32 Å². The first-order valence-corrected chi connectivity index (χ1v) is 9.99. The fourth-order valence-electron chi connectivity index (χ4n) is 3.62. The highest BCUT2D eigenvalue weighted by Crippen LogP contribution is 2.23. The van der Waals surface area contributed by atoms with Crippen molar-refractivity contribution in [1.29, 1.82) is 0 Å². The van der Waals surface area contributed by atoms with Crippen molar-refractivity contribution in [2.45, 2.75) is 39.2 Å². The molecule has 2 aromatic carbocycles. The number of phenols is 1. The first-order chi connectivity index (χ1) is 13.3. The van der Waals surface area contributed by atoms with Crippen LogP contribution in [0, 0.1) is 19.7 Å². The average Bonchev–Trinajstić information content (AvgIpc) is 2.69. The van der Waals surface area contributed by atoms with Gasteiger partial charge in [0.1, 0.15) is 11.6 Å². The van der Waals surface area contributed by atoms with Gasteiger partial charge >= 0.3 is 0 Å². The Morgan fingerprint density at radius 1 is 1.21 bits per heavy atom. The Morgan fingerprint density at radius 2 is 1.93 bits per heavy atom. The molecule has 2 N–H and O–H groups in total. The number of piperidine rings is 1. The highest BCUT2D eigenvalue weighted by Gasteiger charge is 2.21. The molecule has 1 aliphatic rings. The summed E-state index contributed by atoms with van der Waals surface area (Å²) < 4.78 is 13.2. The molecule has 0 spiro atoms. The Bertz CT molecular complexity index is 864. The quantitative estimate of drug-likeness (QED) is 0.783. The van der Waals surface area contributed by atoms with Gasteiger partial charge in [-0.15, -0.1) is 0 Å². The smallest absolute Gasteiger partial charge is 0.251 e. The number of benzene rings is 2. The number of hydrogen-bond acceptors (Lipinski definition) is 3. The summed E-state index contributed by atoms with van der Waals surface area (Å²) in [6, 6.07) is 7.91. The van der Waals surface area contributed by atoms with Gasteiger partial charge in [0.2, 0.25) is 0 Å². The molecule has 1 saturated heterocycles. The van der Waals surface area contributed by atoms with Crippen LogP contribution in [0.2, 0.25) is 5.02 Å². The summed E-state index contributed by atoms with van der Waals surface area (Å²) >= 11 is 5.76. The van der Waals surface area contributed by atoms with Crippen molar-refractivity contribution >= 4 is 17.5 Å². The molecule has 0 bridgehead atoms. The lowest BCUT2D eigenvalue weighted by Crippen LogP contribution is -2.45. The van der Waals surface area contributed by atoms with Gasteiger partial charge in [0.15, 0.2) is 0 Å². The topological polar surface area (TPSA) is 52.6 Å². The highest BCUT2D eigenvalue weighted by molar-refractivity contribution is 6.31. The van der Waals surface area contributed by atoms with Crippen molar-refractivity contribution in [3.63, 3.8) is 0 Å². The van der Waals surface area contributed by atoms with Gasteiger partial charge in [0.05, 0.1) is 5.02 Å². The molecule has 0 aromatic heterocycles. The molecule has 6 heteroatoms. The third-order valence-corrected chi connectivity index (χ3v) is 5.96. The van der Waals surface area contributed by atoms with E-state index in [4.69, 9.17) is 11.6 Å². The number of phenolic OH excluding ortho intramolecular Hbond substituents is 1. The van der Waals surface area contributed by atoms with Crippen LogP contribution >= 0.6 is 11.6 Å². The second-order valence-electron chi connectivity index (χ2n) is 7.46. The maximum Gasteiger partial charge on any atom is 0.251 e. The van der Waals surface area contributed by atoms with E-state index in [0.29, 0.717) is 11.3 Å². The lowest BCUT2D eigenvalue weighted by Gasteiger charge is -2.32. The maximum absolute atomic E-state index is 13.2. The van der Waals surface area contributed by atoms with Crippen molar-refractivity contribution in [2.24, 2.45) is 0 Å². The number of nitrogens with one attached hydrogen (secondary N) is 1. The fourth-order valence-corrected chi connectivity index (χ4v) is 3.80. The van der Waals surface area contributed by atoms with Crippen LogP contribution in [0.5, 0.6) is 5.75 Å². The van der Waals surface area contributed by atoms with Crippen molar-refractivity contribution in [2.75, 3.05) is 19.6 Å². The van der Waals surface area contributed by atoms with E-state index < -0.39 is 5.82 Å². The second-order valence-corrected chi connectivity index (χ2v) is 7.87. The van der Waals surface area contributed by atoms with E-state index in [0.717, 1.165) is 50.0 Å². The molecule has 1 amide bonds. The standard InChI is InChI=1S/C22H26ClFN2O2/c1-14-15(2)21(27)6-4-16(14)7-10-26-11-8-18(9-12-26)25-22(28)17-3-5-20(24)19(23)13-17/h3-6,13,18,27H,7-12H2,1-2H3,(H,25,28). The van der Waals surface area contributed by atoms with Crippen LogP contribution in [0.4, 0.5) is 4.39 Å². The highest BCUT2D eigenvalue weighted by atomic mass is 35.5.